The number of hydrogen-bond acceptors (Lipinski definition) is 5. The summed E-state index contributed by atoms with van der Waals surface area (Å²) in [5.74, 6) is 0.483. The van der Waals surface area contributed by atoms with Gasteiger partial charge >= 0.3 is 0 Å². The lowest BCUT2D eigenvalue weighted by molar-refractivity contribution is 0.0999. The summed E-state index contributed by atoms with van der Waals surface area (Å²) in [5.41, 5.74) is 19.2. The number of aromatic nitrogens is 4. The number of hydrogen-bond donors (Lipinski definition) is 2. The van der Waals surface area contributed by atoms with E-state index in [1.54, 1.807) is 12.3 Å². The second-order valence-electron chi connectivity index (χ2n) is 8.27. The minimum atomic E-state index is -0.486. The van der Waals surface area contributed by atoms with Crippen molar-refractivity contribution < 1.29 is 4.79 Å². The van der Waals surface area contributed by atoms with Gasteiger partial charge in [-0.1, -0.05) is 36.4 Å². The first-order chi connectivity index (χ1) is 16.4. The van der Waals surface area contributed by atoms with Gasteiger partial charge in [-0.15, -0.1) is 0 Å². The zero-order chi connectivity index (χ0) is 23.8. The summed E-state index contributed by atoms with van der Waals surface area (Å²) in [6.45, 7) is 3.97. The first kappa shape index (κ1) is 21.3. The fourth-order valence-electron chi connectivity index (χ4n) is 4.21. The Morgan fingerprint density at radius 3 is 2.50 bits per heavy atom. The zero-order valence-corrected chi connectivity index (χ0v) is 19.0. The van der Waals surface area contributed by atoms with Gasteiger partial charge in [0.2, 0.25) is 5.91 Å². The van der Waals surface area contributed by atoms with E-state index in [2.05, 4.69) is 4.98 Å². The van der Waals surface area contributed by atoms with Crippen LogP contribution in [0.4, 0.5) is 5.82 Å². The Balaban J connectivity index is 1.87. The second kappa shape index (κ2) is 8.44. The topological polar surface area (TPSA) is 113 Å². The van der Waals surface area contributed by atoms with E-state index in [9.17, 15) is 4.79 Å². The summed E-state index contributed by atoms with van der Waals surface area (Å²) in [7, 11) is 0. The standard InChI is InChI=1S/C27H24N6O/c1-16-14-22-27(31-17(16)2)33(26(32-22)20-11-7-13-30-24(20)28)23-12-6-10-19(25(29)34)21(23)15-18-8-4-3-5-9-18/h3-14H,15H2,1-2H3,(H2,28,30)(H2,29,34). The quantitative estimate of drug-likeness (QED) is 0.414. The maximum atomic E-state index is 12.5. The first-order valence-electron chi connectivity index (χ1n) is 11.0. The van der Waals surface area contributed by atoms with Crippen LogP contribution >= 0.6 is 0 Å². The van der Waals surface area contributed by atoms with Gasteiger partial charge in [0.1, 0.15) is 11.3 Å². The summed E-state index contributed by atoms with van der Waals surface area (Å²) in [4.78, 5) is 26.5. The molecule has 34 heavy (non-hydrogen) atoms. The molecule has 0 aliphatic rings. The molecule has 7 nitrogen and oxygen atoms in total. The van der Waals surface area contributed by atoms with Crippen molar-refractivity contribution in [3.05, 3.63) is 101 Å². The van der Waals surface area contributed by atoms with Crippen LogP contribution in [0.1, 0.15) is 32.7 Å². The second-order valence-corrected chi connectivity index (χ2v) is 8.27. The fraction of sp³-hybridized carbons (Fsp3) is 0.111. The first-order valence-corrected chi connectivity index (χ1v) is 11.0. The van der Waals surface area contributed by atoms with Crippen molar-refractivity contribution in [2.75, 3.05) is 5.73 Å². The van der Waals surface area contributed by atoms with E-state index in [1.807, 2.05) is 79.1 Å². The molecule has 0 fully saturated rings. The van der Waals surface area contributed by atoms with Gasteiger partial charge in [0.25, 0.3) is 0 Å². The van der Waals surface area contributed by atoms with Crippen molar-refractivity contribution >= 4 is 22.9 Å². The summed E-state index contributed by atoms with van der Waals surface area (Å²) >= 11 is 0. The van der Waals surface area contributed by atoms with Crippen LogP contribution in [-0.2, 0) is 6.42 Å². The molecule has 3 heterocycles. The molecule has 0 saturated carbocycles. The van der Waals surface area contributed by atoms with Gasteiger partial charge in [0.15, 0.2) is 11.5 Å². The van der Waals surface area contributed by atoms with Crippen molar-refractivity contribution in [1.82, 2.24) is 19.5 Å². The van der Waals surface area contributed by atoms with Crippen LogP contribution in [0.15, 0.2) is 72.9 Å². The number of nitrogens with zero attached hydrogens (tertiary/aromatic N) is 4. The zero-order valence-electron chi connectivity index (χ0n) is 19.0. The van der Waals surface area contributed by atoms with Gasteiger partial charge in [-0.05, 0) is 60.9 Å². The Labute approximate surface area is 197 Å². The van der Waals surface area contributed by atoms with Crippen LogP contribution in [-0.4, -0.2) is 25.4 Å². The van der Waals surface area contributed by atoms with Crippen LogP contribution in [0.5, 0.6) is 0 Å². The van der Waals surface area contributed by atoms with Gasteiger partial charge in [0.05, 0.1) is 11.3 Å². The normalized spacial score (nSPS) is 11.1. The molecule has 0 spiro atoms. The molecular weight excluding hydrogens is 424 g/mol. The lowest BCUT2D eigenvalue weighted by atomic mass is 9.97. The van der Waals surface area contributed by atoms with E-state index < -0.39 is 5.91 Å². The SMILES string of the molecule is Cc1cc2nc(-c3cccnc3N)n(-c3cccc(C(N)=O)c3Cc3ccccc3)c2nc1C. The summed E-state index contributed by atoms with van der Waals surface area (Å²) in [6.07, 6.45) is 2.16. The highest BCUT2D eigenvalue weighted by molar-refractivity contribution is 5.96. The molecule has 0 unspecified atom stereocenters. The monoisotopic (exact) mass is 448 g/mol. The number of nitrogens with two attached hydrogens (primary N) is 2. The predicted octanol–water partition coefficient (Wildman–Crippen LogP) is 4.37. The Kier molecular flexibility index (Phi) is 5.30. The molecule has 5 rings (SSSR count). The van der Waals surface area contributed by atoms with E-state index in [4.69, 9.17) is 21.4 Å². The number of carbonyl (C=O) groups is 1. The third-order valence-corrected chi connectivity index (χ3v) is 6.04. The molecule has 0 radical (unpaired) electrons. The number of fused-ring (bicyclic) bond motifs is 1. The smallest absolute Gasteiger partial charge is 0.249 e. The number of pyridine rings is 2. The molecule has 0 bridgehead atoms. The molecular formula is C27H24N6O. The molecule has 7 heteroatoms. The Morgan fingerprint density at radius 1 is 0.971 bits per heavy atom. The van der Waals surface area contributed by atoms with Gasteiger partial charge in [-0.2, -0.15) is 0 Å². The Bertz CT molecular complexity index is 1540. The molecule has 0 aliphatic carbocycles. The highest BCUT2D eigenvalue weighted by atomic mass is 16.1. The molecule has 0 atom stereocenters. The van der Waals surface area contributed by atoms with Crippen LogP contribution in [0.25, 0.3) is 28.2 Å². The molecule has 0 saturated heterocycles. The molecule has 0 aliphatic heterocycles. The highest BCUT2D eigenvalue weighted by Gasteiger charge is 2.22. The molecule has 4 N–H and O–H groups in total. The number of nitrogen functional groups attached to an aromatic ring is 1. The minimum Gasteiger partial charge on any atom is -0.383 e. The predicted molar refractivity (Wildman–Crippen MR) is 134 cm³/mol. The lowest BCUT2D eigenvalue weighted by Crippen LogP contribution is -2.16. The number of aryl methyl sites for hydroxylation is 2. The summed E-state index contributed by atoms with van der Waals surface area (Å²) in [5, 5.41) is 0. The number of anilines is 1. The molecule has 5 aromatic rings. The van der Waals surface area contributed by atoms with Crippen LogP contribution < -0.4 is 11.5 Å². The Hall–Kier alpha value is -4.52. The number of imidazole rings is 1. The largest absolute Gasteiger partial charge is 0.383 e. The molecule has 3 aromatic heterocycles. The van der Waals surface area contributed by atoms with Gasteiger partial charge in [-0.3, -0.25) is 9.36 Å². The van der Waals surface area contributed by atoms with Crippen molar-refractivity contribution in [3.63, 3.8) is 0 Å². The van der Waals surface area contributed by atoms with Gasteiger partial charge in [0, 0.05) is 23.9 Å². The van der Waals surface area contributed by atoms with E-state index >= 15 is 0 Å². The van der Waals surface area contributed by atoms with Crippen molar-refractivity contribution in [2.45, 2.75) is 20.3 Å². The third-order valence-electron chi connectivity index (χ3n) is 6.04. The van der Waals surface area contributed by atoms with Gasteiger partial charge < -0.3 is 11.5 Å². The van der Waals surface area contributed by atoms with Crippen molar-refractivity contribution in [2.24, 2.45) is 5.73 Å². The summed E-state index contributed by atoms with van der Waals surface area (Å²) < 4.78 is 1.96. The maximum absolute atomic E-state index is 12.5. The molecule has 1 amide bonds. The molecule has 2 aromatic carbocycles. The maximum Gasteiger partial charge on any atom is 0.249 e. The van der Waals surface area contributed by atoms with Crippen LogP contribution in [0, 0.1) is 13.8 Å². The average Bonchev–Trinajstić information content (AvgIpc) is 3.18. The number of rotatable bonds is 5. The highest BCUT2D eigenvalue weighted by Crippen LogP contribution is 2.33. The number of carbonyl (C=O) groups excluding carboxylic acids is 1. The van der Waals surface area contributed by atoms with E-state index in [1.165, 1.54) is 0 Å². The lowest BCUT2D eigenvalue weighted by Gasteiger charge is -2.17. The summed E-state index contributed by atoms with van der Waals surface area (Å²) in [6, 6.07) is 21.2. The van der Waals surface area contributed by atoms with Crippen LogP contribution in [0.3, 0.4) is 0 Å². The van der Waals surface area contributed by atoms with E-state index in [-0.39, 0.29) is 0 Å². The number of primary amides is 1. The van der Waals surface area contributed by atoms with Crippen LogP contribution in [0.2, 0.25) is 0 Å². The van der Waals surface area contributed by atoms with Crippen molar-refractivity contribution in [1.29, 1.82) is 0 Å². The number of amides is 1. The fourth-order valence-corrected chi connectivity index (χ4v) is 4.21. The molecule has 168 valence electrons. The van der Waals surface area contributed by atoms with Gasteiger partial charge in [-0.25, -0.2) is 15.0 Å². The minimum absolute atomic E-state index is 0.364. The third kappa shape index (κ3) is 3.67. The Morgan fingerprint density at radius 2 is 1.76 bits per heavy atom. The number of benzene rings is 2. The van der Waals surface area contributed by atoms with E-state index in [0.717, 1.165) is 33.6 Å². The van der Waals surface area contributed by atoms with Crippen molar-refractivity contribution in [3.8, 4) is 17.1 Å². The van der Waals surface area contributed by atoms with E-state index in [0.29, 0.717) is 34.8 Å². The average molecular weight is 449 g/mol.